The van der Waals surface area contributed by atoms with Gasteiger partial charge in [-0.1, -0.05) is 0 Å². The molecular weight excluding hydrogens is 460 g/mol. The second-order valence-electron chi connectivity index (χ2n) is 11.0. The van der Waals surface area contributed by atoms with Crippen LogP contribution in [0.5, 0.6) is 0 Å². The van der Waals surface area contributed by atoms with Crippen LogP contribution in [0.3, 0.4) is 0 Å². The van der Waals surface area contributed by atoms with Gasteiger partial charge in [0.2, 0.25) is 5.43 Å². The molecule has 0 spiro atoms. The fourth-order valence-electron chi connectivity index (χ4n) is 4.74. The topological polar surface area (TPSA) is 101 Å². The van der Waals surface area contributed by atoms with Crippen molar-refractivity contribution in [3.05, 3.63) is 39.7 Å². The Hall–Kier alpha value is -3.17. The number of rotatable bonds is 5. The SMILES string of the molecule is CC(C)(C)OC(=O)NC(C)(C)[C@H]1CCN(c2c(F)cc3c(=O)c(C(=O)O)cn(C4CC4)c3c2F)C1. The Morgan fingerprint density at radius 3 is 2.37 bits per heavy atom. The predicted octanol–water partition coefficient (Wildman–Crippen LogP) is 4.44. The maximum atomic E-state index is 15.9. The van der Waals surface area contributed by atoms with E-state index >= 15 is 8.78 Å². The molecule has 2 N–H and O–H groups in total. The third-order valence-electron chi connectivity index (χ3n) is 6.70. The number of nitrogens with zero attached hydrogens (tertiary/aromatic N) is 2. The van der Waals surface area contributed by atoms with Crippen LogP contribution in [0.2, 0.25) is 0 Å². The molecule has 1 aromatic carbocycles. The van der Waals surface area contributed by atoms with Crippen LogP contribution in [0.15, 0.2) is 17.1 Å². The molecule has 2 aliphatic rings. The number of amides is 1. The third kappa shape index (κ3) is 4.83. The molecule has 1 saturated carbocycles. The van der Waals surface area contributed by atoms with Crippen LogP contribution in [0.4, 0.5) is 19.3 Å². The van der Waals surface area contributed by atoms with Gasteiger partial charge in [0.05, 0.1) is 10.9 Å². The summed E-state index contributed by atoms with van der Waals surface area (Å²) in [5.74, 6) is -3.35. The van der Waals surface area contributed by atoms with Crippen LogP contribution in [-0.4, -0.2) is 46.0 Å². The average molecular weight is 492 g/mol. The molecule has 1 aliphatic carbocycles. The van der Waals surface area contributed by atoms with Crippen molar-refractivity contribution in [2.24, 2.45) is 5.92 Å². The number of ether oxygens (including phenoxy) is 1. The van der Waals surface area contributed by atoms with Gasteiger partial charge >= 0.3 is 12.1 Å². The van der Waals surface area contributed by atoms with Crippen LogP contribution in [0.1, 0.15) is 70.3 Å². The molecule has 1 saturated heterocycles. The minimum atomic E-state index is -1.43. The van der Waals surface area contributed by atoms with E-state index in [0.29, 0.717) is 13.0 Å². The Morgan fingerprint density at radius 2 is 1.80 bits per heavy atom. The lowest BCUT2D eigenvalue weighted by Gasteiger charge is -2.34. The number of aromatic carboxylic acids is 1. The smallest absolute Gasteiger partial charge is 0.408 e. The molecule has 1 amide bonds. The van der Waals surface area contributed by atoms with Crippen LogP contribution in [0.25, 0.3) is 10.9 Å². The highest BCUT2D eigenvalue weighted by Gasteiger charge is 2.39. The van der Waals surface area contributed by atoms with Crippen LogP contribution in [0, 0.1) is 17.6 Å². The highest BCUT2D eigenvalue weighted by molar-refractivity contribution is 5.94. The van der Waals surface area contributed by atoms with Crippen molar-refractivity contribution >= 4 is 28.7 Å². The van der Waals surface area contributed by atoms with E-state index in [1.807, 2.05) is 13.8 Å². The van der Waals surface area contributed by atoms with Crippen LogP contribution >= 0.6 is 0 Å². The molecule has 2 fully saturated rings. The fourth-order valence-corrected chi connectivity index (χ4v) is 4.74. The first kappa shape index (κ1) is 24.9. The zero-order chi connectivity index (χ0) is 25.9. The molecule has 2 heterocycles. The molecule has 2 aromatic rings. The molecule has 35 heavy (non-hydrogen) atoms. The number of anilines is 1. The number of hydrogen-bond donors (Lipinski definition) is 2. The van der Waals surface area contributed by atoms with Crippen molar-refractivity contribution in [2.45, 2.75) is 71.1 Å². The average Bonchev–Trinajstić information content (AvgIpc) is 3.43. The van der Waals surface area contributed by atoms with Gasteiger partial charge < -0.3 is 24.6 Å². The minimum absolute atomic E-state index is 0.0755. The van der Waals surface area contributed by atoms with Crippen molar-refractivity contribution in [2.75, 3.05) is 18.0 Å². The molecule has 8 nitrogen and oxygen atoms in total. The normalized spacial score (nSPS) is 18.7. The number of benzene rings is 1. The van der Waals surface area contributed by atoms with Gasteiger partial charge in [0, 0.05) is 36.8 Å². The van der Waals surface area contributed by atoms with E-state index in [1.165, 1.54) is 4.57 Å². The van der Waals surface area contributed by atoms with Gasteiger partial charge in [-0.2, -0.15) is 0 Å². The first-order chi connectivity index (χ1) is 16.2. The number of fused-ring (bicyclic) bond motifs is 1. The maximum absolute atomic E-state index is 15.9. The van der Waals surface area contributed by atoms with E-state index in [1.54, 1.807) is 25.7 Å². The van der Waals surface area contributed by atoms with Gasteiger partial charge in [-0.25, -0.2) is 18.4 Å². The van der Waals surface area contributed by atoms with Crippen LogP contribution < -0.4 is 15.6 Å². The second kappa shape index (κ2) is 8.49. The summed E-state index contributed by atoms with van der Waals surface area (Å²) in [7, 11) is 0. The summed E-state index contributed by atoms with van der Waals surface area (Å²) in [6.07, 6.45) is 2.62. The van der Waals surface area contributed by atoms with Crippen molar-refractivity contribution in [1.29, 1.82) is 0 Å². The van der Waals surface area contributed by atoms with E-state index in [2.05, 4.69) is 5.32 Å². The van der Waals surface area contributed by atoms with Crippen LogP contribution in [-0.2, 0) is 4.74 Å². The van der Waals surface area contributed by atoms with E-state index in [-0.39, 0.29) is 35.1 Å². The van der Waals surface area contributed by atoms with Crippen molar-refractivity contribution in [3.63, 3.8) is 0 Å². The summed E-state index contributed by atoms with van der Waals surface area (Å²) in [6, 6.07) is 0.811. The molecule has 1 aromatic heterocycles. The van der Waals surface area contributed by atoms with E-state index < -0.39 is 45.8 Å². The Morgan fingerprint density at radius 1 is 1.14 bits per heavy atom. The summed E-state index contributed by atoms with van der Waals surface area (Å²) in [4.78, 5) is 38.1. The molecule has 10 heteroatoms. The number of carbonyl (C=O) groups excluding carboxylic acids is 1. The Bertz CT molecular complexity index is 1260. The molecule has 190 valence electrons. The number of carbonyl (C=O) groups is 2. The van der Waals surface area contributed by atoms with Gasteiger partial charge in [-0.05, 0) is 59.9 Å². The highest BCUT2D eigenvalue weighted by Crippen LogP contribution is 2.41. The Balaban J connectivity index is 1.68. The first-order valence-corrected chi connectivity index (χ1v) is 11.8. The molecule has 0 bridgehead atoms. The Labute approximate surface area is 201 Å². The number of nitrogens with one attached hydrogen (secondary N) is 1. The summed E-state index contributed by atoms with van der Waals surface area (Å²) in [6.45, 7) is 9.62. The molecule has 0 radical (unpaired) electrons. The van der Waals surface area contributed by atoms with Crippen molar-refractivity contribution < 1.29 is 28.2 Å². The highest BCUT2D eigenvalue weighted by atomic mass is 19.1. The first-order valence-electron chi connectivity index (χ1n) is 11.8. The molecule has 0 unspecified atom stereocenters. The number of hydrogen-bond acceptors (Lipinski definition) is 5. The fraction of sp³-hybridized carbons (Fsp3) is 0.560. The van der Waals surface area contributed by atoms with Gasteiger partial charge in [0.15, 0.2) is 5.82 Å². The lowest BCUT2D eigenvalue weighted by atomic mass is 9.87. The summed E-state index contributed by atoms with van der Waals surface area (Å²) in [5, 5.41) is 12.0. The van der Waals surface area contributed by atoms with Crippen molar-refractivity contribution in [3.8, 4) is 0 Å². The lowest BCUT2D eigenvalue weighted by molar-refractivity contribution is 0.0441. The third-order valence-corrected chi connectivity index (χ3v) is 6.70. The number of carboxylic acid groups (broad SMARTS) is 1. The molecular formula is C25H31F2N3O5. The van der Waals surface area contributed by atoms with Gasteiger partial charge in [-0.15, -0.1) is 0 Å². The van der Waals surface area contributed by atoms with Crippen molar-refractivity contribution in [1.82, 2.24) is 9.88 Å². The largest absolute Gasteiger partial charge is 0.477 e. The predicted molar refractivity (Wildman–Crippen MR) is 127 cm³/mol. The van der Waals surface area contributed by atoms with E-state index in [9.17, 15) is 19.5 Å². The molecule has 1 atom stereocenters. The number of alkyl carbamates (subject to hydrolysis) is 1. The molecule has 4 rings (SSSR count). The monoisotopic (exact) mass is 491 g/mol. The zero-order valence-electron chi connectivity index (χ0n) is 20.6. The number of carboxylic acids is 1. The lowest BCUT2D eigenvalue weighted by Crippen LogP contribution is -2.51. The maximum Gasteiger partial charge on any atom is 0.408 e. The zero-order valence-corrected chi connectivity index (χ0v) is 20.6. The molecule has 1 aliphatic heterocycles. The summed E-state index contributed by atoms with van der Waals surface area (Å²) in [5.41, 5.74) is -3.09. The van der Waals surface area contributed by atoms with Gasteiger partial charge in [0.25, 0.3) is 0 Å². The van der Waals surface area contributed by atoms with E-state index in [4.69, 9.17) is 4.74 Å². The Kier molecular flexibility index (Phi) is 6.05. The quantitative estimate of drug-likeness (QED) is 0.641. The summed E-state index contributed by atoms with van der Waals surface area (Å²) < 4.78 is 37.9. The number of halogens is 2. The van der Waals surface area contributed by atoms with Gasteiger partial charge in [0.1, 0.15) is 22.7 Å². The minimum Gasteiger partial charge on any atom is -0.477 e. The summed E-state index contributed by atoms with van der Waals surface area (Å²) >= 11 is 0. The number of pyridine rings is 1. The number of aromatic nitrogens is 1. The van der Waals surface area contributed by atoms with Gasteiger partial charge in [-0.3, -0.25) is 4.79 Å². The standard InChI is InChI=1S/C25H31F2N3O5/c1-24(2,3)35-23(34)28-25(4,5)13-8-9-29(11-13)20-17(26)10-15-19(18(20)27)30(14-6-7-14)12-16(21(15)31)22(32)33/h10,12-14H,6-9,11H2,1-5H3,(H,28,34)(H,32,33)/t13-/m0/s1. The van der Waals surface area contributed by atoms with E-state index in [0.717, 1.165) is 25.1 Å². The second-order valence-corrected chi connectivity index (χ2v) is 11.0.